The minimum atomic E-state index is -1.19. The van der Waals surface area contributed by atoms with Crippen LogP contribution in [-0.4, -0.2) is 37.0 Å². The number of para-hydroxylation sites is 1. The van der Waals surface area contributed by atoms with E-state index in [1.54, 1.807) is 12.1 Å². The van der Waals surface area contributed by atoms with E-state index < -0.39 is 11.9 Å². The normalized spacial score (nSPS) is 19.7. The summed E-state index contributed by atoms with van der Waals surface area (Å²) in [5.74, 6) is -0.961. The van der Waals surface area contributed by atoms with Crippen LogP contribution in [0.2, 0.25) is 5.02 Å². The second kappa shape index (κ2) is 8.80. The first-order valence-corrected chi connectivity index (χ1v) is 11.3. The van der Waals surface area contributed by atoms with Crippen molar-refractivity contribution in [3.05, 3.63) is 63.8 Å². The molecule has 1 heterocycles. The first-order valence-electron chi connectivity index (χ1n) is 10.9. The Morgan fingerprint density at radius 2 is 1.85 bits per heavy atom. The number of carbonyl (C=O) groups excluding carboxylic acids is 2. The smallest absolute Gasteiger partial charge is 0.337 e. The summed E-state index contributed by atoms with van der Waals surface area (Å²) in [6.07, 6.45) is 0.852. The van der Waals surface area contributed by atoms with Gasteiger partial charge in [0.25, 0.3) is 0 Å². The molecule has 2 aromatic carbocycles. The van der Waals surface area contributed by atoms with E-state index in [0.717, 1.165) is 0 Å². The van der Waals surface area contributed by atoms with Crippen molar-refractivity contribution in [3.63, 3.8) is 0 Å². The number of hydrogen-bond acceptors (Lipinski definition) is 5. The first-order chi connectivity index (χ1) is 16.1. The van der Waals surface area contributed by atoms with E-state index in [9.17, 15) is 19.5 Å². The zero-order valence-electron chi connectivity index (χ0n) is 19.5. The van der Waals surface area contributed by atoms with Gasteiger partial charge in [0.15, 0.2) is 17.3 Å². The summed E-state index contributed by atoms with van der Waals surface area (Å²) in [4.78, 5) is 40.3. The van der Waals surface area contributed by atoms with Gasteiger partial charge in [-0.15, -0.1) is 0 Å². The maximum Gasteiger partial charge on any atom is 0.337 e. The Kier molecular flexibility index (Phi) is 6.16. The molecule has 1 atom stereocenters. The molecule has 0 bridgehead atoms. The fourth-order valence-electron chi connectivity index (χ4n) is 4.98. The third-order valence-corrected chi connectivity index (χ3v) is 6.72. The molecule has 2 aromatic rings. The van der Waals surface area contributed by atoms with E-state index in [-0.39, 0.29) is 34.1 Å². The number of carboxylic acid groups (broad SMARTS) is 1. The predicted molar refractivity (Wildman–Crippen MR) is 128 cm³/mol. The highest BCUT2D eigenvalue weighted by Gasteiger charge is 2.45. The Morgan fingerprint density at radius 1 is 1.12 bits per heavy atom. The average molecular weight is 484 g/mol. The van der Waals surface area contributed by atoms with Crippen LogP contribution in [0.25, 0.3) is 0 Å². The van der Waals surface area contributed by atoms with Gasteiger partial charge in [-0.1, -0.05) is 37.6 Å². The van der Waals surface area contributed by atoms with Gasteiger partial charge >= 0.3 is 5.97 Å². The number of halogens is 1. The number of aromatic carboxylic acids is 1. The first kappa shape index (κ1) is 23.8. The Balaban J connectivity index is 1.95. The number of carbonyl (C=O) groups is 3. The van der Waals surface area contributed by atoms with Gasteiger partial charge in [0.2, 0.25) is 5.91 Å². The number of benzene rings is 2. The lowest BCUT2D eigenvalue weighted by Crippen LogP contribution is -2.43. The van der Waals surface area contributed by atoms with Gasteiger partial charge < -0.3 is 14.6 Å². The van der Waals surface area contributed by atoms with Gasteiger partial charge in [0, 0.05) is 41.3 Å². The third-order valence-electron chi connectivity index (χ3n) is 6.39. The average Bonchev–Trinajstić information content (AvgIpc) is 2.77. The van der Waals surface area contributed by atoms with Crippen LogP contribution in [0.3, 0.4) is 0 Å². The van der Waals surface area contributed by atoms with Crippen LogP contribution in [0.1, 0.15) is 54.9 Å². The van der Waals surface area contributed by atoms with E-state index in [1.807, 2.05) is 26.0 Å². The molecule has 1 amide bonds. The van der Waals surface area contributed by atoms with Gasteiger partial charge in [0.1, 0.15) is 0 Å². The summed E-state index contributed by atoms with van der Waals surface area (Å²) in [5.41, 5.74) is 1.76. The second-order valence-corrected chi connectivity index (χ2v) is 9.75. The SMILES string of the molecule is COc1cccc(C2CC(=O)N(c3ccc(Cl)c(C(=O)O)c3)C3=C2C(=O)CC(C)(C)C3)c1OC. The zero-order valence-corrected chi connectivity index (χ0v) is 20.2. The third kappa shape index (κ3) is 4.05. The minimum Gasteiger partial charge on any atom is -0.493 e. The molecule has 0 spiro atoms. The molecule has 7 nitrogen and oxygen atoms in total. The van der Waals surface area contributed by atoms with Crippen molar-refractivity contribution in [1.29, 1.82) is 0 Å². The highest BCUT2D eigenvalue weighted by atomic mass is 35.5. The molecule has 1 aliphatic heterocycles. The Morgan fingerprint density at radius 3 is 2.50 bits per heavy atom. The molecular formula is C26H26ClNO6. The lowest BCUT2D eigenvalue weighted by molar-refractivity contribution is -0.121. The molecular weight excluding hydrogens is 458 g/mol. The fourth-order valence-corrected chi connectivity index (χ4v) is 5.18. The summed E-state index contributed by atoms with van der Waals surface area (Å²) in [7, 11) is 3.06. The number of ketones is 1. The van der Waals surface area contributed by atoms with Crippen LogP contribution in [0.4, 0.5) is 5.69 Å². The summed E-state index contributed by atoms with van der Waals surface area (Å²) >= 11 is 6.06. The molecule has 0 saturated heterocycles. The van der Waals surface area contributed by atoms with Gasteiger partial charge in [-0.2, -0.15) is 0 Å². The number of Topliss-reactive ketones (excluding diaryl/α,β-unsaturated/α-hetero) is 1. The van der Waals surface area contributed by atoms with Gasteiger partial charge in [-0.3, -0.25) is 14.5 Å². The number of hydrogen-bond donors (Lipinski definition) is 1. The van der Waals surface area contributed by atoms with Crippen molar-refractivity contribution >= 4 is 34.9 Å². The van der Waals surface area contributed by atoms with Crippen molar-refractivity contribution in [2.45, 2.75) is 39.0 Å². The predicted octanol–water partition coefficient (Wildman–Crippen LogP) is 5.22. The number of allylic oxidation sites excluding steroid dienone is 2. The van der Waals surface area contributed by atoms with Crippen molar-refractivity contribution in [3.8, 4) is 11.5 Å². The van der Waals surface area contributed by atoms with Crippen molar-refractivity contribution in [2.24, 2.45) is 5.41 Å². The van der Waals surface area contributed by atoms with Gasteiger partial charge in [-0.05, 0) is 36.1 Å². The second-order valence-electron chi connectivity index (χ2n) is 9.34. The number of nitrogens with zero attached hydrogens (tertiary/aromatic N) is 1. The molecule has 1 unspecified atom stereocenters. The lowest BCUT2D eigenvalue weighted by atomic mass is 9.69. The van der Waals surface area contributed by atoms with Crippen LogP contribution >= 0.6 is 11.6 Å². The van der Waals surface area contributed by atoms with Crippen molar-refractivity contribution in [1.82, 2.24) is 0 Å². The molecule has 34 heavy (non-hydrogen) atoms. The van der Waals surface area contributed by atoms with Crippen LogP contribution in [0.5, 0.6) is 11.5 Å². The van der Waals surface area contributed by atoms with E-state index in [2.05, 4.69) is 0 Å². The molecule has 2 aliphatic rings. The molecule has 0 radical (unpaired) electrons. The van der Waals surface area contributed by atoms with Crippen LogP contribution < -0.4 is 14.4 Å². The Hall–Kier alpha value is -3.32. The van der Waals surface area contributed by atoms with E-state index in [4.69, 9.17) is 21.1 Å². The van der Waals surface area contributed by atoms with Crippen LogP contribution in [0.15, 0.2) is 47.7 Å². The number of amides is 1. The summed E-state index contributed by atoms with van der Waals surface area (Å²) in [6.45, 7) is 3.97. The monoisotopic (exact) mass is 483 g/mol. The molecule has 0 fully saturated rings. The highest BCUT2D eigenvalue weighted by molar-refractivity contribution is 6.33. The molecule has 178 valence electrons. The molecule has 4 rings (SSSR count). The number of carboxylic acids is 1. The number of anilines is 1. The molecule has 0 saturated carbocycles. The van der Waals surface area contributed by atoms with Gasteiger partial charge in [0.05, 0.1) is 24.8 Å². The zero-order chi connectivity index (χ0) is 24.8. The maximum absolute atomic E-state index is 13.6. The molecule has 0 aromatic heterocycles. The molecule has 1 N–H and O–H groups in total. The van der Waals surface area contributed by atoms with E-state index >= 15 is 0 Å². The topological polar surface area (TPSA) is 93.1 Å². The molecule has 1 aliphatic carbocycles. The Labute approximate surface area is 202 Å². The summed E-state index contributed by atoms with van der Waals surface area (Å²) < 4.78 is 11.1. The maximum atomic E-state index is 13.6. The van der Waals surface area contributed by atoms with Crippen molar-refractivity contribution in [2.75, 3.05) is 19.1 Å². The number of methoxy groups -OCH3 is 2. The lowest BCUT2D eigenvalue weighted by Gasteiger charge is -2.43. The standard InChI is InChI=1S/C26H26ClNO6/c1-26(2)12-19-23(20(29)13-26)16(15-6-5-7-21(33-3)24(15)34-4)11-22(30)28(19)14-8-9-18(27)17(10-14)25(31)32/h5-10,16H,11-13H2,1-4H3,(H,31,32). The Bertz CT molecular complexity index is 1230. The summed E-state index contributed by atoms with van der Waals surface area (Å²) in [6, 6.07) is 9.87. The van der Waals surface area contributed by atoms with Gasteiger partial charge in [-0.25, -0.2) is 4.79 Å². The highest BCUT2D eigenvalue weighted by Crippen LogP contribution is 2.50. The molecule has 8 heteroatoms. The minimum absolute atomic E-state index is 0.0273. The summed E-state index contributed by atoms with van der Waals surface area (Å²) in [5, 5.41) is 9.61. The van der Waals surface area contributed by atoms with Crippen LogP contribution in [-0.2, 0) is 9.59 Å². The largest absolute Gasteiger partial charge is 0.493 e. The fraction of sp³-hybridized carbons (Fsp3) is 0.346. The van der Waals surface area contributed by atoms with E-state index in [1.165, 1.54) is 31.3 Å². The van der Waals surface area contributed by atoms with Crippen LogP contribution in [0, 0.1) is 5.41 Å². The quantitative estimate of drug-likeness (QED) is 0.626. The van der Waals surface area contributed by atoms with Crippen molar-refractivity contribution < 1.29 is 29.0 Å². The van der Waals surface area contributed by atoms with E-state index in [0.29, 0.717) is 46.9 Å². The number of ether oxygens (including phenoxy) is 2. The number of rotatable bonds is 5.